The van der Waals surface area contributed by atoms with Gasteiger partial charge in [-0.25, -0.2) is 0 Å². The van der Waals surface area contributed by atoms with Crippen molar-refractivity contribution in [1.29, 1.82) is 0 Å². The predicted molar refractivity (Wildman–Crippen MR) is 69.4 cm³/mol. The van der Waals surface area contributed by atoms with Gasteiger partial charge in [0.2, 0.25) is 0 Å². The molecule has 0 saturated carbocycles. The van der Waals surface area contributed by atoms with Crippen LogP contribution in [0.1, 0.15) is 39.0 Å². The van der Waals surface area contributed by atoms with E-state index in [9.17, 15) is 0 Å². The standard InChI is InChI=1S/C11H19Br.Mg.2H/c1-2-3-4-5-6-7-8-9-10-11-12;;;/h5-8H,2-4,9-11H2,1H3;;;/b6-5-,8-7+;;;. The van der Waals surface area contributed by atoms with Crippen LogP contribution in [0.15, 0.2) is 24.3 Å². The Morgan fingerprint density at radius 2 is 1.54 bits per heavy atom. The third kappa shape index (κ3) is 15.5. The summed E-state index contributed by atoms with van der Waals surface area (Å²) in [5.41, 5.74) is 0. The van der Waals surface area contributed by atoms with Crippen LogP contribution in [0.2, 0.25) is 0 Å². The van der Waals surface area contributed by atoms with Gasteiger partial charge in [0.25, 0.3) is 0 Å². The molecule has 0 aromatic heterocycles. The van der Waals surface area contributed by atoms with Crippen LogP contribution in [0.3, 0.4) is 0 Å². The van der Waals surface area contributed by atoms with Crippen molar-refractivity contribution < 1.29 is 0 Å². The van der Waals surface area contributed by atoms with E-state index < -0.39 is 0 Å². The molecule has 0 spiro atoms. The maximum Gasteiger partial charge on any atom is 0.316 e. The summed E-state index contributed by atoms with van der Waals surface area (Å²) in [7, 11) is 0. The first-order valence-electron chi connectivity index (χ1n) is 4.79. The fourth-order valence-corrected chi connectivity index (χ4v) is 1.19. The van der Waals surface area contributed by atoms with Gasteiger partial charge in [0.05, 0.1) is 0 Å². The van der Waals surface area contributed by atoms with E-state index in [1.165, 1.54) is 32.1 Å². The van der Waals surface area contributed by atoms with Crippen LogP contribution in [0.4, 0.5) is 0 Å². The Hall–Kier alpha value is 0.726. The first kappa shape index (κ1) is 16.2. The fourth-order valence-electron chi connectivity index (χ4n) is 0.867. The van der Waals surface area contributed by atoms with Gasteiger partial charge in [-0.05, 0) is 19.3 Å². The summed E-state index contributed by atoms with van der Waals surface area (Å²) in [6.07, 6.45) is 15.0. The molecule has 0 aromatic carbocycles. The Labute approximate surface area is 107 Å². The molecular formula is C11H21BrMg. The van der Waals surface area contributed by atoms with Crippen LogP contribution in [0.25, 0.3) is 0 Å². The number of halogens is 1. The monoisotopic (exact) mass is 256 g/mol. The Balaban J connectivity index is 0. The van der Waals surface area contributed by atoms with Crippen molar-refractivity contribution >= 4 is 39.0 Å². The van der Waals surface area contributed by atoms with Gasteiger partial charge in [0.15, 0.2) is 0 Å². The minimum Gasteiger partial charge on any atom is -0.0928 e. The van der Waals surface area contributed by atoms with Crippen molar-refractivity contribution in [2.24, 2.45) is 0 Å². The smallest absolute Gasteiger partial charge is 0.0928 e. The molecule has 0 fully saturated rings. The molecule has 0 N–H and O–H groups in total. The van der Waals surface area contributed by atoms with Crippen LogP contribution >= 0.6 is 15.9 Å². The molecule has 0 aliphatic carbocycles. The molecule has 0 aliphatic heterocycles. The molecule has 0 saturated heterocycles. The summed E-state index contributed by atoms with van der Waals surface area (Å²) in [4.78, 5) is 0. The molecule has 74 valence electrons. The lowest BCUT2D eigenvalue weighted by Gasteiger charge is -1.86. The quantitative estimate of drug-likeness (QED) is 0.283. The van der Waals surface area contributed by atoms with E-state index in [2.05, 4.69) is 47.2 Å². The SMILES string of the molecule is CCCC/C=C\C=C\CCCBr.[MgH2]. The van der Waals surface area contributed by atoms with E-state index >= 15 is 0 Å². The van der Waals surface area contributed by atoms with Crippen LogP contribution in [0.5, 0.6) is 0 Å². The molecule has 0 unspecified atom stereocenters. The highest BCUT2D eigenvalue weighted by Gasteiger charge is 1.77. The van der Waals surface area contributed by atoms with Crippen molar-refractivity contribution in [2.45, 2.75) is 39.0 Å². The number of alkyl halides is 1. The van der Waals surface area contributed by atoms with Crippen molar-refractivity contribution in [3.05, 3.63) is 24.3 Å². The van der Waals surface area contributed by atoms with Gasteiger partial charge in [-0.1, -0.05) is 60.0 Å². The zero-order valence-corrected chi connectivity index (χ0v) is 9.52. The molecule has 0 radical (unpaired) electrons. The average molecular weight is 257 g/mol. The van der Waals surface area contributed by atoms with Gasteiger partial charge < -0.3 is 0 Å². The van der Waals surface area contributed by atoms with E-state index in [4.69, 9.17) is 0 Å². The molecule has 0 heterocycles. The van der Waals surface area contributed by atoms with Gasteiger partial charge in [-0.3, -0.25) is 0 Å². The van der Waals surface area contributed by atoms with Crippen LogP contribution in [-0.4, -0.2) is 28.4 Å². The highest BCUT2D eigenvalue weighted by molar-refractivity contribution is 9.09. The number of allylic oxidation sites excluding steroid dienone is 4. The molecule has 2 heteroatoms. The van der Waals surface area contributed by atoms with Gasteiger partial charge >= 0.3 is 23.1 Å². The Kier molecular flexibility index (Phi) is 18.9. The third-order valence-corrected chi connectivity index (χ3v) is 2.17. The zero-order valence-electron chi connectivity index (χ0n) is 7.93. The average Bonchev–Trinajstić information content (AvgIpc) is 2.10. The van der Waals surface area contributed by atoms with E-state index in [1.807, 2.05) is 0 Å². The lowest BCUT2D eigenvalue weighted by Crippen LogP contribution is -1.69. The first-order valence-corrected chi connectivity index (χ1v) is 5.91. The van der Waals surface area contributed by atoms with Crippen LogP contribution in [-0.2, 0) is 0 Å². The molecule has 0 bridgehead atoms. The predicted octanol–water partition coefficient (Wildman–Crippen LogP) is 3.55. The number of hydrogen-bond acceptors (Lipinski definition) is 0. The maximum atomic E-state index is 3.40. The number of hydrogen-bond donors (Lipinski definition) is 0. The van der Waals surface area contributed by atoms with Crippen molar-refractivity contribution in [3.63, 3.8) is 0 Å². The lowest BCUT2D eigenvalue weighted by molar-refractivity contribution is 0.815. The Morgan fingerprint density at radius 1 is 1.00 bits per heavy atom. The molecule has 13 heavy (non-hydrogen) atoms. The summed E-state index contributed by atoms with van der Waals surface area (Å²) < 4.78 is 0. The molecule has 0 aromatic rings. The second kappa shape index (κ2) is 15.2. The highest BCUT2D eigenvalue weighted by atomic mass is 79.9. The second-order valence-corrected chi connectivity index (χ2v) is 3.62. The van der Waals surface area contributed by atoms with Crippen molar-refractivity contribution in [2.75, 3.05) is 5.33 Å². The minimum absolute atomic E-state index is 0. The lowest BCUT2D eigenvalue weighted by atomic mass is 10.2. The second-order valence-electron chi connectivity index (χ2n) is 2.83. The van der Waals surface area contributed by atoms with E-state index in [1.54, 1.807) is 0 Å². The largest absolute Gasteiger partial charge is 0.316 e. The topological polar surface area (TPSA) is 0 Å². The van der Waals surface area contributed by atoms with Crippen molar-refractivity contribution in [1.82, 2.24) is 0 Å². The van der Waals surface area contributed by atoms with Gasteiger partial charge in [-0.2, -0.15) is 0 Å². The summed E-state index contributed by atoms with van der Waals surface area (Å²) in [5, 5.41) is 1.11. The summed E-state index contributed by atoms with van der Waals surface area (Å²) in [5.74, 6) is 0. The Morgan fingerprint density at radius 3 is 2.00 bits per heavy atom. The number of rotatable bonds is 7. The molecule has 0 amide bonds. The Bertz CT molecular complexity index is 114. The zero-order chi connectivity index (χ0) is 9.07. The summed E-state index contributed by atoms with van der Waals surface area (Å²) in [6, 6.07) is 0. The van der Waals surface area contributed by atoms with Gasteiger partial charge in [0.1, 0.15) is 0 Å². The molecule has 0 nitrogen and oxygen atoms in total. The number of unbranched alkanes of at least 4 members (excludes halogenated alkanes) is 3. The fraction of sp³-hybridized carbons (Fsp3) is 0.636. The van der Waals surface area contributed by atoms with Crippen LogP contribution in [0, 0.1) is 0 Å². The summed E-state index contributed by atoms with van der Waals surface area (Å²) >= 11 is 3.40. The van der Waals surface area contributed by atoms with E-state index in [-0.39, 0.29) is 23.1 Å². The molecule has 0 aliphatic rings. The van der Waals surface area contributed by atoms with Crippen molar-refractivity contribution in [3.8, 4) is 0 Å². The maximum absolute atomic E-state index is 3.40. The first-order chi connectivity index (χ1) is 5.91. The normalized spacial score (nSPS) is 10.9. The minimum atomic E-state index is 0. The van der Waals surface area contributed by atoms with E-state index in [0.717, 1.165) is 5.33 Å². The van der Waals surface area contributed by atoms with E-state index in [0.29, 0.717) is 0 Å². The third-order valence-electron chi connectivity index (χ3n) is 1.61. The molecule has 0 atom stereocenters. The molecule has 0 rings (SSSR count). The van der Waals surface area contributed by atoms with Crippen LogP contribution < -0.4 is 0 Å². The van der Waals surface area contributed by atoms with Gasteiger partial charge in [0, 0.05) is 5.33 Å². The summed E-state index contributed by atoms with van der Waals surface area (Å²) in [6.45, 7) is 2.22. The van der Waals surface area contributed by atoms with Gasteiger partial charge in [-0.15, -0.1) is 0 Å². The molecular weight excluding hydrogens is 236 g/mol. The highest BCUT2D eigenvalue weighted by Crippen LogP contribution is 1.97.